The van der Waals surface area contributed by atoms with Gasteiger partial charge in [-0.2, -0.15) is 0 Å². The summed E-state index contributed by atoms with van der Waals surface area (Å²) in [6, 6.07) is 2.00. The zero-order chi connectivity index (χ0) is 10.7. The number of hydrogen-bond acceptors (Lipinski definition) is 3. The molecule has 0 bridgehead atoms. The largest absolute Gasteiger partial charge is 0.494 e. The monoisotopic (exact) mass is 194 g/mol. The summed E-state index contributed by atoms with van der Waals surface area (Å²) >= 11 is 0. The molecule has 0 amide bonds. The first-order valence-electron chi connectivity index (χ1n) is 4.79. The molecule has 1 rings (SSSR count). The van der Waals surface area contributed by atoms with E-state index in [4.69, 9.17) is 10.5 Å². The molecule has 0 atom stereocenters. The van der Waals surface area contributed by atoms with Crippen LogP contribution in [0, 0.1) is 13.8 Å². The summed E-state index contributed by atoms with van der Waals surface area (Å²) in [6.45, 7) is 6.92. The zero-order valence-electron chi connectivity index (χ0n) is 9.27. The zero-order valence-corrected chi connectivity index (χ0v) is 9.27. The van der Waals surface area contributed by atoms with Crippen molar-refractivity contribution in [2.45, 2.75) is 20.8 Å². The van der Waals surface area contributed by atoms with Gasteiger partial charge >= 0.3 is 0 Å². The van der Waals surface area contributed by atoms with Crippen molar-refractivity contribution < 1.29 is 4.74 Å². The smallest absolute Gasteiger partial charge is 0.144 e. The number of ether oxygens (including phenoxy) is 1. The number of methoxy groups -OCH3 is 1. The number of hydrogen-bond donors (Lipinski definition) is 2. The van der Waals surface area contributed by atoms with E-state index in [0.29, 0.717) is 0 Å². The standard InChI is InChI=1S/C11H18N2O/c1-5-13-11-9(14-4)6-7(2)8(3)10(11)12/h6,13H,5,12H2,1-4H3. The van der Waals surface area contributed by atoms with Crippen molar-refractivity contribution in [1.82, 2.24) is 0 Å². The maximum absolute atomic E-state index is 6.00. The van der Waals surface area contributed by atoms with Crippen LogP contribution >= 0.6 is 0 Å². The van der Waals surface area contributed by atoms with E-state index in [1.165, 1.54) is 0 Å². The van der Waals surface area contributed by atoms with Crippen LogP contribution in [-0.4, -0.2) is 13.7 Å². The van der Waals surface area contributed by atoms with Gasteiger partial charge in [0, 0.05) is 6.54 Å². The van der Waals surface area contributed by atoms with Gasteiger partial charge in [-0.25, -0.2) is 0 Å². The van der Waals surface area contributed by atoms with Gasteiger partial charge in [-0.1, -0.05) is 0 Å². The molecule has 3 nitrogen and oxygen atoms in total. The Bertz CT molecular complexity index is 335. The average Bonchev–Trinajstić information content (AvgIpc) is 2.19. The molecule has 1 aromatic rings. The molecule has 0 spiro atoms. The first-order valence-corrected chi connectivity index (χ1v) is 4.79. The lowest BCUT2D eigenvalue weighted by Gasteiger charge is -2.16. The third-order valence-corrected chi connectivity index (χ3v) is 2.43. The Morgan fingerprint density at radius 2 is 2.07 bits per heavy atom. The van der Waals surface area contributed by atoms with Crippen LogP contribution in [0.3, 0.4) is 0 Å². The molecule has 0 heterocycles. The van der Waals surface area contributed by atoms with Crippen LogP contribution in [0.25, 0.3) is 0 Å². The summed E-state index contributed by atoms with van der Waals surface area (Å²) in [5.74, 6) is 0.812. The Balaban J connectivity index is 3.29. The van der Waals surface area contributed by atoms with Gasteiger partial charge in [-0.15, -0.1) is 0 Å². The third kappa shape index (κ3) is 1.76. The number of anilines is 2. The summed E-state index contributed by atoms with van der Waals surface area (Å²) in [5, 5.41) is 3.21. The maximum Gasteiger partial charge on any atom is 0.144 e. The molecule has 14 heavy (non-hydrogen) atoms. The van der Waals surface area contributed by atoms with E-state index in [0.717, 1.165) is 34.8 Å². The normalized spacial score (nSPS) is 10.0. The van der Waals surface area contributed by atoms with Gasteiger partial charge in [0.2, 0.25) is 0 Å². The van der Waals surface area contributed by atoms with E-state index in [1.807, 2.05) is 26.8 Å². The fourth-order valence-electron chi connectivity index (χ4n) is 1.43. The van der Waals surface area contributed by atoms with Crippen LogP contribution in [0.5, 0.6) is 5.75 Å². The van der Waals surface area contributed by atoms with E-state index in [2.05, 4.69) is 5.32 Å². The molecule has 0 fully saturated rings. The molecule has 0 saturated carbocycles. The highest BCUT2D eigenvalue weighted by atomic mass is 16.5. The highest BCUT2D eigenvalue weighted by molar-refractivity contribution is 5.77. The lowest BCUT2D eigenvalue weighted by atomic mass is 10.1. The number of nitrogens with two attached hydrogens (primary N) is 1. The molecule has 0 aliphatic rings. The highest BCUT2D eigenvalue weighted by Crippen LogP contribution is 2.35. The Kier molecular flexibility index (Phi) is 3.23. The molecule has 3 N–H and O–H groups in total. The van der Waals surface area contributed by atoms with Crippen molar-refractivity contribution in [1.29, 1.82) is 0 Å². The molecule has 0 unspecified atom stereocenters. The first kappa shape index (κ1) is 10.7. The molecule has 0 aliphatic heterocycles. The number of nitrogen functional groups attached to an aromatic ring is 1. The minimum atomic E-state index is 0.781. The third-order valence-electron chi connectivity index (χ3n) is 2.43. The van der Waals surface area contributed by atoms with E-state index >= 15 is 0 Å². The first-order chi connectivity index (χ1) is 6.61. The molecular weight excluding hydrogens is 176 g/mol. The van der Waals surface area contributed by atoms with Gasteiger partial charge in [0.05, 0.1) is 12.8 Å². The molecule has 78 valence electrons. The predicted octanol–water partition coefficient (Wildman–Crippen LogP) is 2.33. The Labute approximate surface area is 85.3 Å². The average molecular weight is 194 g/mol. The molecule has 1 aromatic carbocycles. The van der Waals surface area contributed by atoms with Crippen LogP contribution in [0.15, 0.2) is 6.07 Å². The molecule has 0 radical (unpaired) electrons. The Morgan fingerprint density at radius 3 is 2.57 bits per heavy atom. The number of benzene rings is 1. The molecular formula is C11H18N2O. The van der Waals surface area contributed by atoms with E-state index < -0.39 is 0 Å². The number of rotatable bonds is 3. The Hall–Kier alpha value is -1.38. The van der Waals surface area contributed by atoms with E-state index in [-0.39, 0.29) is 0 Å². The second kappa shape index (κ2) is 4.22. The maximum atomic E-state index is 6.00. The fraction of sp³-hybridized carbons (Fsp3) is 0.455. The van der Waals surface area contributed by atoms with Gasteiger partial charge in [0.25, 0.3) is 0 Å². The Morgan fingerprint density at radius 1 is 1.43 bits per heavy atom. The van der Waals surface area contributed by atoms with Gasteiger partial charge in [-0.3, -0.25) is 0 Å². The summed E-state index contributed by atoms with van der Waals surface area (Å²) < 4.78 is 5.27. The van der Waals surface area contributed by atoms with Crippen molar-refractivity contribution in [2.24, 2.45) is 0 Å². The van der Waals surface area contributed by atoms with Crippen LogP contribution in [-0.2, 0) is 0 Å². The lowest BCUT2D eigenvalue weighted by molar-refractivity contribution is 0.416. The van der Waals surface area contributed by atoms with Gasteiger partial charge in [-0.05, 0) is 38.0 Å². The van der Waals surface area contributed by atoms with Crippen molar-refractivity contribution in [2.75, 3.05) is 24.7 Å². The topological polar surface area (TPSA) is 47.3 Å². The minimum Gasteiger partial charge on any atom is -0.494 e. The van der Waals surface area contributed by atoms with Crippen LogP contribution in [0.4, 0.5) is 11.4 Å². The molecule has 0 aromatic heterocycles. The number of nitrogens with one attached hydrogen (secondary N) is 1. The van der Waals surface area contributed by atoms with Crippen molar-refractivity contribution in [3.63, 3.8) is 0 Å². The molecule has 3 heteroatoms. The van der Waals surface area contributed by atoms with Crippen molar-refractivity contribution in [3.8, 4) is 5.75 Å². The van der Waals surface area contributed by atoms with Crippen molar-refractivity contribution >= 4 is 11.4 Å². The fourth-order valence-corrected chi connectivity index (χ4v) is 1.43. The SMILES string of the molecule is CCNc1c(OC)cc(C)c(C)c1N. The summed E-state index contributed by atoms with van der Waals surface area (Å²) in [4.78, 5) is 0. The summed E-state index contributed by atoms with van der Waals surface area (Å²) in [6.07, 6.45) is 0. The van der Waals surface area contributed by atoms with Crippen molar-refractivity contribution in [3.05, 3.63) is 17.2 Å². The predicted molar refractivity (Wildman–Crippen MR) is 61.0 cm³/mol. The van der Waals surface area contributed by atoms with Gasteiger partial charge < -0.3 is 15.8 Å². The highest BCUT2D eigenvalue weighted by Gasteiger charge is 2.10. The van der Waals surface area contributed by atoms with E-state index in [9.17, 15) is 0 Å². The summed E-state index contributed by atoms with van der Waals surface area (Å²) in [7, 11) is 1.66. The number of aryl methyl sites for hydroxylation is 1. The second-order valence-electron chi connectivity index (χ2n) is 3.34. The second-order valence-corrected chi connectivity index (χ2v) is 3.34. The minimum absolute atomic E-state index is 0.781. The van der Waals surface area contributed by atoms with Crippen LogP contribution in [0.2, 0.25) is 0 Å². The molecule has 0 aliphatic carbocycles. The lowest BCUT2D eigenvalue weighted by Crippen LogP contribution is -2.05. The summed E-state index contributed by atoms with van der Waals surface area (Å²) in [5.41, 5.74) is 9.95. The van der Waals surface area contributed by atoms with Gasteiger partial charge in [0.1, 0.15) is 11.4 Å². The quantitative estimate of drug-likeness (QED) is 0.726. The van der Waals surface area contributed by atoms with E-state index in [1.54, 1.807) is 7.11 Å². The van der Waals surface area contributed by atoms with Crippen LogP contribution in [0.1, 0.15) is 18.1 Å². The molecule has 0 saturated heterocycles. The van der Waals surface area contributed by atoms with Gasteiger partial charge in [0.15, 0.2) is 0 Å². The van der Waals surface area contributed by atoms with Crippen LogP contribution < -0.4 is 15.8 Å².